The molecule has 0 saturated heterocycles. The van der Waals surface area contributed by atoms with Gasteiger partial charge >= 0.3 is 0 Å². The fourth-order valence-electron chi connectivity index (χ4n) is 2.83. The van der Waals surface area contributed by atoms with Gasteiger partial charge in [-0.05, 0) is 36.8 Å². The number of hydrogen-bond acceptors (Lipinski definition) is 4. The van der Waals surface area contributed by atoms with Crippen molar-refractivity contribution in [2.75, 3.05) is 32.1 Å². The monoisotopic (exact) mass is 382 g/mol. The number of ether oxygens (including phenoxy) is 2. The predicted molar refractivity (Wildman–Crippen MR) is 110 cm³/mol. The van der Waals surface area contributed by atoms with Crippen molar-refractivity contribution in [3.05, 3.63) is 53.6 Å². The van der Waals surface area contributed by atoms with Gasteiger partial charge in [0.2, 0.25) is 0 Å². The van der Waals surface area contributed by atoms with Crippen molar-refractivity contribution in [2.24, 2.45) is 4.99 Å². The summed E-state index contributed by atoms with van der Waals surface area (Å²) in [6, 6.07) is 13.3. The first-order valence-corrected chi connectivity index (χ1v) is 9.44. The van der Waals surface area contributed by atoms with Gasteiger partial charge in [0.15, 0.2) is 17.5 Å². The molecule has 0 spiro atoms. The molecule has 1 aliphatic rings. The number of rotatable bonds is 5. The van der Waals surface area contributed by atoms with E-state index in [1.54, 1.807) is 13.1 Å². The number of nitrogens with zero attached hydrogens (tertiary/aromatic N) is 1. The van der Waals surface area contributed by atoms with Crippen LogP contribution in [0.2, 0.25) is 0 Å². The normalized spacial score (nSPS) is 13.4. The molecule has 0 bridgehead atoms. The van der Waals surface area contributed by atoms with Gasteiger partial charge in [-0.3, -0.25) is 9.79 Å². The number of fused-ring (bicyclic) bond motifs is 1. The molecule has 3 N–H and O–H groups in total. The molecule has 2 aromatic rings. The van der Waals surface area contributed by atoms with Gasteiger partial charge in [-0.25, -0.2) is 0 Å². The molecule has 1 aliphatic heterocycles. The Morgan fingerprint density at radius 2 is 1.89 bits per heavy atom. The summed E-state index contributed by atoms with van der Waals surface area (Å²) in [4.78, 5) is 16.2. The van der Waals surface area contributed by atoms with Crippen molar-refractivity contribution in [1.82, 2.24) is 10.6 Å². The van der Waals surface area contributed by atoms with Crippen LogP contribution in [0.1, 0.15) is 29.3 Å². The van der Waals surface area contributed by atoms with E-state index in [0.29, 0.717) is 37.8 Å². The molecule has 1 heterocycles. The van der Waals surface area contributed by atoms with Gasteiger partial charge in [0.1, 0.15) is 0 Å². The Bertz CT molecular complexity index is 851. The quantitative estimate of drug-likeness (QED) is 0.547. The average Bonchev–Trinajstić information content (AvgIpc) is 2.96. The Morgan fingerprint density at radius 3 is 2.68 bits per heavy atom. The predicted octanol–water partition coefficient (Wildman–Crippen LogP) is 2.79. The molecule has 148 valence electrons. The molecule has 1 amide bonds. The summed E-state index contributed by atoms with van der Waals surface area (Å²) in [6.45, 7) is 4.35. The van der Waals surface area contributed by atoms with Gasteiger partial charge in [-0.1, -0.05) is 12.1 Å². The Balaban J connectivity index is 1.62. The third-order valence-electron chi connectivity index (χ3n) is 4.22. The zero-order valence-corrected chi connectivity index (χ0v) is 16.2. The molecule has 7 nitrogen and oxygen atoms in total. The van der Waals surface area contributed by atoms with Crippen LogP contribution >= 0.6 is 0 Å². The Kier molecular flexibility index (Phi) is 6.73. The number of guanidine groups is 1. The molecule has 0 aromatic heterocycles. The van der Waals surface area contributed by atoms with Crippen LogP contribution in [0.3, 0.4) is 0 Å². The van der Waals surface area contributed by atoms with E-state index in [4.69, 9.17) is 9.47 Å². The summed E-state index contributed by atoms with van der Waals surface area (Å²) in [5, 5.41) is 9.32. The number of aliphatic imine (C=N–C) groups is 1. The van der Waals surface area contributed by atoms with Crippen LogP contribution in [0.25, 0.3) is 0 Å². The van der Waals surface area contributed by atoms with Crippen LogP contribution in [-0.4, -0.2) is 38.7 Å². The van der Waals surface area contributed by atoms with E-state index in [1.807, 2.05) is 43.3 Å². The average molecular weight is 382 g/mol. The second kappa shape index (κ2) is 9.64. The SMILES string of the molecule is CCNC(=O)c1cccc(CNC(=NC)Nc2ccc3c(c2)OCCCO3)c1. The van der Waals surface area contributed by atoms with Crippen LogP contribution in [0.4, 0.5) is 5.69 Å². The molecular weight excluding hydrogens is 356 g/mol. The molecule has 0 aliphatic carbocycles. The Labute approximate surface area is 165 Å². The number of nitrogens with one attached hydrogen (secondary N) is 3. The van der Waals surface area contributed by atoms with Gasteiger partial charge < -0.3 is 25.4 Å². The lowest BCUT2D eigenvalue weighted by molar-refractivity contribution is 0.0955. The first kappa shape index (κ1) is 19.5. The zero-order chi connectivity index (χ0) is 19.8. The highest BCUT2D eigenvalue weighted by molar-refractivity contribution is 5.95. The van der Waals surface area contributed by atoms with E-state index in [1.165, 1.54) is 0 Å². The fourth-order valence-corrected chi connectivity index (χ4v) is 2.83. The van der Waals surface area contributed by atoms with Gasteiger partial charge in [0.25, 0.3) is 5.91 Å². The lowest BCUT2D eigenvalue weighted by atomic mass is 10.1. The summed E-state index contributed by atoms with van der Waals surface area (Å²) in [6.07, 6.45) is 0.871. The largest absolute Gasteiger partial charge is 0.490 e. The molecule has 28 heavy (non-hydrogen) atoms. The maximum Gasteiger partial charge on any atom is 0.251 e. The van der Waals surface area contributed by atoms with E-state index in [0.717, 1.165) is 29.2 Å². The number of benzene rings is 2. The Hall–Kier alpha value is -3.22. The summed E-state index contributed by atoms with van der Waals surface area (Å²) >= 11 is 0. The van der Waals surface area contributed by atoms with Gasteiger partial charge in [0.05, 0.1) is 13.2 Å². The van der Waals surface area contributed by atoms with E-state index < -0.39 is 0 Å². The summed E-state index contributed by atoms with van der Waals surface area (Å²) in [5.41, 5.74) is 2.49. The van der Waals surface area contributed by atoms with Crippen molar-refractivity contribution in [1.29, 1.82) is 0 Å². The molecule has 3 rings (SSSR count). The standard InChI is InChI=1S/C21H26N4O3/c1-3-23-20(26)16-7-4-6-15(12-16)14-24-21(22-2)25-17-8-9-18-19(13-17)28-11-5-10-27-18/h4,6-9,12-13H,3,5,10-11,14H2,1-2H3,(H,23,26)(H2,22,24,25). The number of carbonyl (C=O) groups is 1. The topological polar surface area (TPSA) is 84.0 Å². The summed E-state index contributed by atoms with van der Waals surface area (Å²) in [7, 11) is 1.71. The molecule has 2 aromatic carbocycles. The molecule has 0 fully saturated rings. The van der Waals surface area contributed by atoms with Gasteiger partial charge in [-0.2, -0.15) is 0 Å². The van der Waals surface area contributed by atoms with Crippen molar-refractivity contribution >= 4 is 17.6 Å². The lowest BCUT2D eigenvalue weighted by Crippen LogP contribution is -2.30. The highest BCUT2D eigenvalue weighted by atomic mass is 16.5. The summed E-state index contributed by atoms with van der Waals surface area (Å²) < 4.78 is 11.4. The van der Waals surface area contributed by atoms with Crippen molar-refractivity contribution in [3.63, 3.8) is 0 Å². The number of anilines is 1. The van der Waals surface area contributed by atoms with E-state index in [-0.39, 0.29) is 5.91 Å². The van der Waals surface area contributed by atoms with E-state index in [2.05, 4.69) is 20.9 Å². The van der Waals surface area contributed by atoms with Crippen molar-refractivity contribution < 1.29 is 14.3 Å². The smallest absolute Gasteiger partial charge is 0.251 e. The minimum Gasteiger partial charge on any atom is -0.490 e. The number of amides is 1. The van der Waals surface area contributed by atoms with E-state index in [9.17, 15) is 4.79 Å². The maximum atomic E-state index is 12.0. The third kappa shape index (κ3) is 5.16. The Morgan fingerprint density at radius 1 is 1.07 bits per heavy atom. The van der Waals surface area contributed by atoms with Crippen LogP contribution in [0, 0.1) is 0 Å². The second-order valence-corrected chi connectivity index (χ2v) is 6.32. The zero-order valence-electron chi connectivity index (χ0n) is 16.2. The summed E-state index contributed by atoms with van der Waals surface area (Å²) in [5.74, 6) is 2.04. The molecule has 0 saturated carbocycles. The maximum absolute atomic E-state index is 12.0. The van der Waals surface area contributed by atoms with Gasteiger partial charge in [0, 0.05) is 43.9 Å². The van der Waals surface area contributed by atoms with Gasteiger partial charge in [-0.15, -0.1) is 0 Å². The van der Waals surface area contributed by atoms with Crippen LogP contribution in [-0.2, 0) is 6.54 Å². The van der Waals surface area contributed by atoms with Crippen LogP contribution in [0.15, 0.2) is 47.5 Å². The molecular formula is C21H26N4O3. The van der Waals surface area contributed by atoms with Crippen LogP contribution < -0.4 is 25.4 Å². The number of hydrogen-bond donors (Lipinski definition) is 3. The van der Waals surface area contributed by atoms with Crippen LogP contribution in [0.5, 0.6) is 11.5 Å². The minimum absolute atomic E-state index is 0.0703. The fraction of sp³-hybridized carbons (Fsp3) is 0.333. The second-order valence-electron chi connectivity index (χ2n) is 6.32. The first-order chi connectivity index (χ1) is 13.7. The molecule has 0 unspecified atom stereocenters. The molecule has 0 radical (unpaired) electrons. The molecule has 7 heteroatoms. The lowest BCUT2D eigenvalue weighted by Gasteiger charge is -2.14. The first-order valence-electron chi connectivity index (χ1n) is 9.44. The van der Waals surface area contributed by atoms with E-state index >= 15 is 0 Å². The minimum atomic E-state index is -0.0703. The van der Waals surface area contributed by atoms with Crippen molar-refractivity contribution in [3.8, 4) is 11.5 Å². The molecule has 0 atom stereocenters. The number of carbonyl (C=O) groups excluding carboxylic acids is 1. The highest BCUT2D eigenvalue weighted by Gasteiger charge is 2.11. The van der Waals surface area contributed by atoms with Crippen molar-refractivity contribution in [2.45, 2.75) is 19.9 Å². The highest BCUT2D eigenvalue weighted by Crippen LogP contribution is 2.32. The third-order valence-corrected chi connectivity index (χ3v) is 4.22.